The Hall–Kier alpha value is -3.25. The smallest absolute Gasteiger partial charge is 0.274 e. The number of rotatable bonds is 4. The summed E-state index contributed by atoms with van der Waals surface area (Å²) in [5.74, 6) is 1.25. The molecule has 3 saturated heterocycles. The molecule has 1 aromatic heterocycles. The second-order valence-electron chi connectivity index (χ2n) is 7.56. The minimum absolute atomic E-state index is 0.0403. The predicted octanol–water partition coefficient (Wildman–Crippen LogP) is 2.73. The summed E-state index contributed by atoms with van der Waals surface area (Å²) in [6.07, 6.45) is 4.67. The molecule has 1 unspecified atom stereocenters. The molecule has 6 heteroatoms. The summed E-state index contributed by atoms with van der Waals surface area (Å²) in [7, 11) is 1.68. The molecule has 0 spiro atoms. The van der Waals surface area contributed by atoms with Crippen LogP contribution in [0.2, 0.25) is 0 Å². The van der Waals surface area contributed by atoms with Gasteiger partial charge in [-0.25, -0.2) is 4.98 Å². The van der Waals surface area contributed by atoms with Gasteiger partial charge in [-0.3, -0.25) is 9.78 Å². The van der Waals surface area contributed by atoms with Crippen molar-refractivity contribution in [3.63, 3.8) is 0 Å². The van der Waals surface area contributed by atoms with Gasteiger partial charge < -0.3 is 15.0 Å². The van der Waals surface area contributed by atoms with E-state index in [4.69, 9.17) is 4.74 Å². The Kier molecular flexibility index (Phi) is 4.48. The lowest BCUT2D eigenvalue weighted by molar-refractivity contribution is 0.0362. The van der Waals surface area contributed by atoms with Crippen LogP contribution in [-0.2, 0) is 0 Å². The zero-order chi connectivity index (χ0) is 19.8. The van der Waals surface area contributed by atoms with Crippen molar-refractivity contribution in [1.29, 1.82) is 0 Å². The molecule has 3 aromatic rings. The van der Waals surface area contributed by atoms with Crippen molar-refractivity contribution >= 4 is 5.91 Å². The molecule has 1 amide bonds. The third kappa shape index (κ3) is 3.25. The van der Waals surface area contributed by atoms with E-state index in [-0.39, 0.29) is 18.0 Å². The van der Waals surface area contributed by atoms with Crippen molar-refractivity contribution in [1.82, 2.24) is 20.2 Å². The van der Waals surface area contributed by atoms with Gasteiger partial charge >= 0.3 is 0 Å². The number of ether oxygens (including phenoxy) is 1. The normalized spacial score (nSPS) is 22.7. The maximum atomic E-state index is 12.6. The number of aromatic nitrogens is 2. The maximum Gasteiger partial charge on any atom is 0.274 e. The number of nitrogens with one attached hydrogen (secondary N) is 1. The van der Waals surface area contributed by atoms with Crippen LogP contribution < -0.4 is 10.1 Å². The SMILES string of the molecule is COc1cccc(-c2ccc(C3[C@@H]4CN(C(=O)c5cnccn5)C[C@H]3N4)cc2)c1. The highest BCUT2D eigenvalue weighted by atomic mass is 16.5. The van der Waals surface area contributed by atoms with Crippen molar-refractivity contribution in [3.8, 4) is 16.9 Å². The first-order valence-corrected chi connectivity index (χ1v) is 9.78. The van der Waals surface area contributed by atoms with E-state index in [0.717, 1.165) is 11.3 Å². The molecule has 6 nitrogen and oxygen atoms in total. The lowest BCUT2D eigenvalue weighted by Gasteiger charge is -2.54. The standard InChI is InChI=1S/C23H22N4O2/c1-29-18-4-2-3-17(11-18)15-5-7-16(8-6-15)22-20-13-27(14-21(22)26-20)23(28)19-12-24-9-10-25-19/h2-12,20-22,26H,13-14H2,1H3/t20-,21+,22?. The molecule has 0 saturated carbocycles. The monoisotopic (exact) mass is 386 g/mol. The van der Waals surface area contributed by atoms with Gasteiger partial charge in [0.25, 0.3) is 5.91 Å². The molecule has 4 heterocycles. The van der Waals surface area contributed by atoms with Gasteiger partial charge in [-0.2, -0.15) is 0 Å². The van der Waals surface area contributed by atoms with Crippen molar-refractivity contribution in [3.05, 3.63) is 78.4 Å². The highest BCUT2D eigenvalue weighted by Crippen LogP contribution is 2.38. The number of benzene rings is 2. The lowest BCUT2D eigenvalue weighted by Crippen LogP contribution is -2.72. The van der Waals surface area contributed by atoms with Gasteiger partial charge in [0.05, 0.1) is 13.3 Å². The number of nitrogens with zero attached hydrogens (tertiary/aromatic N) is 3. The van der Waals surface area contributed by atoms with Crippen molar-refractivity contribution in [2.24, 2.45) is 0 Å². The minimum Gasteiger partial charge on any atom is -0.497 e. The predicted molar refractivity (Wildman–Crippen MR) is 110 cm³/mol. The first-order valence-electron chi connectivity index (χ1n) is 9.78. The molecule has 1 N–H and O–H groups in total. The topological polar surface area (TPSA) is 67.3 Å². The van der Waals surface area contributed by atoms with Crippen LogP contribution in [0.15, 0.2) is 67.1 Å². The molecule has 6 rings (SSSR count). The summed E-state index contributed by atoms with van der Waals surface area (Å²) in [6.45, 7) is 1.38. The lowest BCUT2D eigenvalue weighted by atomic mass is 9.74. The molecule has 0 radical (unpaired) electrons. The highest BCUT2D eigenvalue weighted by molar-refractivity contribution is 5.92. The Morgan fingerprint density at radius 3 is 2.55 bits per heavy atom. The van der Waals surface area contributed by atoms with Crippen LogP contribution in [0.5, 0.6) is 5.75 Å². The second-order valence-corrected chi connectivity index (χ2v) is 7.56. The second kappa shape index (κ2) is 7.29. The Bertz CT molecular complexity index is 1010. The summed E-state index contributed by atoms with van der Waals surface area (Å²) in [4.78, 5) is 22.7. The molecule has 2 bridgehead atoms. The largest absolute Gasteiger partial charge is 0.497 e. The number of hydrogen-bond acceptors (Lipinski definition) is 5. The van der Waals surface area contributed by atoms with Crippen LogP contribution >= 0.6 is 0 Å². The van der Waals surface area contributed by atoms with E-state index in [0.29, 0.717) is 24.7 Å². The number of piperidine rings is 1. The van der Waals surface area contributed by atoms with Crippen LogP contribution in [0.3, 0.4) is 0 Å². The maximum absolute atomic E-state index is 12.6. The number of carbonyl (C=O) groups excluding carboxylic acids is 1. The van der Waals surface area contributed by atoms with Gasteiger partial charge in [0.1, 0.15) is 11.4 Å². The molecule has 2 aromatic carbocycles. The molecule has 3 aliphatic heterocycles. The molecule has 3 atom stereocenters. The molecule has 146 valence electrons. The van der Waals surface area contributed by atoms with Crippen molar-refractivity contribution in [2.45, 2.75) is 18.0 Å². The van der Waals surface area contributed by atoms with E-state index >= 15 is 0 Å². The van der Waals surface area contributed by atoms with Gasteiger partial charge in [0, 0.05) is 43.5 Å². The summed E-state index contributed by atoms with van der Waals surface area (Å²) >= 11 is 0. The minimum atomic E-state index is -0.0403. The Balaban J connectivity index is 1.29. The average molecular weight is 386 g/mol. The fraction of sp³-hybridized carbons (Fsp3) is 0.261. The molecular formula is C23H22N4O2. The first kappa shape index (κ1) is 17.8. The van der Waals surface area contributed by atoms with Crippen LogP contribution in [-0.4, -0.2) is 53.1 Å². The zero-order valence-corrected chi connectivity index (χ0v) is 16.2. The number of methoxy groups -OCH3 is 1. The fourth-order valence-electron chi connectivity index (χ4n) is 4.43. The van der Waals surface area contributed by atoms with Crippen molar-refractivity contribution in [2.75, 3.05) is 20.2 Å². The molecule has 29 heavy (non-hydrogen) atoms. The van der Waals surface area contributed by atoms with E-state index in [1.807, 2.05) is 23.1 Å². The van der Waals surface area contributed by atoms with E-state index in [1.165, 1.54) is 17.3 Å². The zero-order valence-electron chi connectivity index (χ0n) is 16.2. The quantitative estimate of drug-likeness (QED) is 0.747. The fourth-order valence-corrected chi connectivity index (χ4v) is 4.43. The van der Waals surface area contributed by atoms with E-state index in [2.05, 4.69) is 45.6 Å². The summed E-state index contributed by atoms with van der Waals surface area (Å²) in [6, 6.07) is 17.4. The number of hydrogen-bond donors (Lipinski definition) is 1. The van der Waals surface area contributed by atoms with Gasteiger partial charge in [-0.05, 0) is 28.8 Å². The number of amides is 1. The third-order valence-corrected chi connectivity index (χ3v) is 5.90. The third-order valence-electron chi connectivity index (χ3n) is 5.90. The Morgan fingerprint density at radius 2 is 1.86 bits per heavy atom. The van der Waals surface area contributed by atoms with Gasteiger partial charge in [-0.15, -0.1) is 0 Å². The Morgan fingerprint density at radius 1 is 1.07 bits per heavy atom. The van der Waals surface area contributed by atoms with E-state index in [1.54, 1.807) is 19.5 Å². The molecule has 3 aliphatic rings. The number of fused-ring (bicyclic) bond motifs is 2. The van der Waals surface area contributed by atoms with E-state index in [9.17, 15) is 4.79 Å². The molecule has 3 fully saturated rings. The first-order chi connectivity index (χ1) is 14.2. The Labute approximate surface area is 169 Å². The number of carbonyl (C=O) groups is 1. The molecular weight excluding hydrogens is 364 g/mol. The van der Waals surface area contributed by atoms with Crippen LogP contribution in [0.4, 0.5) is 0 Å². The summed E-state index contributed by atoms with van der Waals surface area (Å²) < 4.78 is 5.33. The average Bonchev–Trinajstić information content (AvgIpc) is 2.79. The van der Waals surface area contributed by atoms with Gasteiger partial charge in [0.15, 0.2) is 0 Å². The number of piperazine rings is 1. The highest BCUT2D eigenvalue weighted by Gasteiger charge is 2.48. The van der Waals surface area contributed by atoms with Crippen LogP contribution in [0, 0.1) is 0 Å². The van der Waals surface area contributed by atoms with Gasteiger partial charge in [0.2, 0.25) is 0 Å². The summed E-state index contributed by atoms with van der Waals surface area (Å²) in [5, 5.41) is 3.58. The van der Waals surface area contributed by atoms with Crippen molar-refractivity contribution < 1.29 is 9.53 Å². The van der Waals surface area contributed by atoms with Crippen LogP contribution in [0.1, 0.15) is 22.0 Å². The van der Waals surface area contributed by atoms with Crippen LogP contribution in [0.25, 0.3) is 11.1 Å². The molecule has 0 aliphatic carbocycles. The van der Waals surface area contributed by atoms with Gasteiger partial charge in [-0.1, -0.05) is 36.4 Å². The summed E-state index contributed by atoms with van der Waals surface area (Å²) in [5.41, 5.74) is 4.04. The van der Waals surface area contributed by atoms with E-state index < -0.39 is 0 Å².